The molecule has 1 aliphatic rings. The van der Waals surface area contributed by atoms with Crippen molar-refractivity contribution in [1.29, 1.82) is 0 Å². The molecule has 0 aliphatic carbocycles. The van der Waals surface area contributed by atoms with Gasteiger partial charge in [0.15, 0.2) is 11.2 Å². The molecular weight excluding hydrogens is 326 g/mol. The molecule has 24 heavy (non-hydrogen) atoms. The largest absolute Gasteiger partial charge is 0.861 e. The fraction of sp³-hybridized carbons (Fsp3) is 0.0909. The third-order valence-electron chi connectivity index (χ3n) is 2.95. The molecule has 0 aromatic carbocycles. The van der Waals surface area contributed by atoms with Crippen LogP contribution in [0.4, 0.5) is 5.82 Å². The number of fused-ring (bicyclic) bond motifs is 2. The van der Waals surface area contributed by atoms with Gasteiger partial charge in [-0.1, -0.05) is 0 Å². The summed E-state index contributed by atoms with van der Waals surface area (Å²) in [6.45, 7) is 0. The van der Waals surface area contributed by atoms with Gasteiger partial charge >= 0.3 is 11.4 Å². The molecule has 13 nitrogen and oxygen atoms in total. The Hall–Kier alpha value is -3.90. The first-order valence-corrected chi connectivity index (χ1v) is 6.33. The van der Waals surface area contributed by atoms with E-state index in [1.165, 1.54) is 0 Å². The quantitative estimate of drug-likeness (QED) is 0.274. The second kappa shape index (κ2) is 5.38. The van der Waals surface area contributed by atoms with E-state index in [4.69, 9.17) is 0 Å². The van der Waals surface area contributed by atoms with E-state index in [9.17, 15) is 29.4 Å². The molecule has 4 rings (SSSR count). The van der Waals surface area contributed by atoms with E-state index in [-0.39, 0.29) is 29.0 Å². The van der Waals surface area contributed by atoms with Gasteiger partial charge in [0.25, 0.3) is 11.1 Å². The van der Waals surface area contributed by atoms with Crippen LogP contribution >= 0.6 is 0 Å². The van der Waals surface area contributed by atoms with Gasteiger partial charge in [-0.3, -0.25) is 34.5 Å². The highest BCUT2D eigenvalue weighted by atomic mass is 16.3. The molecule has 4 heterocycles. The van der Waals surface area contributed by atoms with E-state index in [1.807, 2.05) is 9.97 Å². The maximum atomic E-state index is 11.0. The number of H-pyrrole nitrogens is 5. The molecule has 1 aliphatic heterocycles. The Bertz CT molecular complexity index is 1190. The summed E-state index contributed by atoms with van der Waals surface area (Å²) < 4.78 is 0. The minimum Gasteiger partial charge on any atom is -0.861 e. The second-order valence-electron chi connectivity index (χ2n) is 4.59. The molecule has 13 heteroatoms. The average molecular weight is 333 g/mol. The topological polar surface area (TPSA) is 219 Å². The minimum atomic E-state index is -0.775. The van der Waals surface area contributed by atoms with E-state index < -0.39 is 34.4 Å². The van der Waals surface area contributed by atoms with E-state index >= 15 is 0 Å². The highest BCUT2D eigenvalue weighted by molar-refractivity contribution is 5.82. The predicted octanol–water partition coefficient (Wildman–Crippen LogP) is -3.98. The Morgan fingerprint density at radius 2 is 1.54 bits per heavy atom. The first kappa shape index (κ1) is 15.0. The lowest BCUT2D eigenvalue weighted by molar-refractivity contribution is -0.281. The maximum Gasteiger partial charge on any atom is 0.327 e. The third-order valence-corrected chi connectivity index (χ3v) is 2.95. The van der Waals surface area contributed by atoms with Crippen LogP contribution in [0.15, 0.2) is 24.2 Å². The van der Waals surface area contributed by atoms with Crippen LogP contribution in [0, 0.1) is 0 Å². The van der Waals surface area contributed by atoms with E-state index in [0.717, 1.165) is 0 Å². The van der Waals surface area contributed by atoms with Gasteiger partial charge in [0.05, 0.1) is 11.6 Å². The number of aromatic amines is 5. The molecule has 3 aromatic rings. The van der Waals surface area contributed by atoms with Crippen LogP contribution in [0.5, 0.6) is 6.01 Å². The summed E-state index contributed by atoms with van der Waals surface area (Å²) in [5.41, 5.74) is -2.19. The van der Waals surface area contributed by atoms with E-state index in [0.29, 0.717) is 0 Å². The monoisotopic (exact) mass is 333 g/mol. The number of hydrogen-bond acceptors (Lipinski definition) is 8. The minimum absolute atomic E-state index is 0.0143. The smallest absolute Gasteiger partial charge is 0.327 e. The Kier molecular flexibility index (Phi) is 3.37. The number of hydrogen-bond donors (Lipinski definition) is 5. The van der Waals surface area contributed by atoms with Gasteiger partial charge in [-0.05, 0) is 5.90 Å². The Balaban J connectivity index is 0.000000141. The molecule has 0 saturated heterocycles. The molecule has 0 amide bonds. The van der Waals surface area contributed by atoms with Gasteiger partial charge in [-0.25, -0.2) is 14.6 Å². The fourth-order valence-corrected chi connectivity index (χ4v) is 1.99. The fourth-order valence-electron chi connectivity index (χ4n) is 1.99. The van der Waals surface area contributed by atoms with E-state index in [1.54, 1.807) is 0 Å². The van der Waals surface area contributed by atoms with Crippen molar-refractivity contribution in [3.05, 3.63) is 47.2 Å². The molecule has 0 fully saturated rings. The van der Waals surface area contributed by atoms with Crippen LogP contribution in [-0.4, -0.2) is 35.8 Å². The number of nitrogens with one attached hydrogen (secondary N) is 5. The molecule has 0 radical (unpaired) electrons. The lowest BCUT2D eigenvalue weighted by Gasteiger charge is -1.99. The van der Waals surface area contributed by atoms with Crippen molar-refractivity contribution in [3.63, 3.8) is 0 Å². The van der Waals surface area contributed by atoms with Crippen LogP contribution < -0.4 is 32.7 Å². The van der Waals surface area contributed by atoms with Gasteiger partial charge in [0, 0.05) is 6.42 Å². The van der Waals surface area contributed by atoms with Gasteiger partial charge in [-0.2, -0.15) is 0 Å². The summed E-state index contributed by atoms with van der Waals surface area (Å²) in [5, 5.41) is 21.3. The Morgan fingerprint density at radius 3 is 2.29 bits per heavy atom. The first-order valence-electron chi connectivity index (χ1n) is 6.33. The maximum absolute atomic E-state index is 11.0. The number of aliphatic imine (C=N–C) groups is 1. The zero-order chi connectivity index (χ0) is 17.4. The molecule has 0 bridgehead atoms. The zero-order valence-corrected chi connectivity index (χ0v) is 11.6. The van der Waals surface area contributed by atoms with Crippen molar-refractivity contribution in [2.75, 3.05) is 0 Å². The molecule has 0 unspecified atom stereocenters. The van der Waals surface area contributed by atoms with Crippen molar-refractivity contribution in [3.8, 4) is 6.01 Å². The van der Waals surface area contributed by atoms with Crippen molar-refractivity contribution in [2.24, 2.45) is 4.99 Å². The van der Waals surface area contributed by atoms with Gasteiger partial charge < -0.3 is 15.2 Å². The van der Waals surface area contributed by atoms with Crippen LogP contribution in [0.3, 0.4) is 0 Å². The van der Waals surface area contributed by atoms with E-state index in [2.05, 4.69) is 24.9 Å². The Morgan fingerprint density at radius 1 is 0.833 bits per heavy atom. The lowest BCUT2D eigenvalue weighted by atomic mass is 10.2. The number of aromatic nitrogens is 6. The van der Waals surface area contributed by atoms with Crippen LogP contribution in [0.25, 0.3) is 11.2 Å². The van der Waals surface area contributed by atoms with Crippen molar-refractivity contribution >= 4 is 22.9 Å². The average Bonchev–Trinajstić information content (AvgIpc) is 3.01. The van der Waals surface area contributed by atoms with Crippen LogP contribution in [0.1, 0.15) is 5.56 Å². The zero-order valence-electron chi connectivity index (χ0n) is 11.6. The molecular formula is C11H7N7O6-2. The van der Waals surface area contributed by atoms with Crippen LogP contribution in [0.2, 0.25) is 0 Å². The molecule has 3 aromatic heterocycles. The van der Waals surface area contributed by atoms with Crippen molar-refractivity contribution in [2.45, 2.75) is 6.42 Å². The molecule has 5 N–H and O–H groups in total. The predicted molar refractivity (Wildman–Crippen MR) is 75.3 cm³/mol. The number of nitrogens with zero attached hydrogens (tertiary/aromatic N) is 2. The molecule has 0 atom stereocenters. The summed E-state index contributed by atoms with van der Waals surface area (Å²) in [5.74, 6) is -0.314. The summed E-state index contributed by atoms with van der Waals surface area (Å²) in [6, 6.07) is -0.775. The second-order valence-corrected chi connectivity index (χ2v) is 4.59. The standard InChI is InChI=1S/C6H5N3O3.C5H4N4O3/c10-3-1-2-4(7-3)8-6(12)9-5(2)11;10-3-1-2(7-4(11)6-1)8-5(12)9-3/h1H2,(H3,7,8,9,10,11,12);(H4,6,7,8,9,10,11,12)/p-2. The SMILES string of the molecule is O=c1[nH]c2c(c(=O)[nH]1)CC([O-])=N2.O=c1[nH]c2nc([O-])[nH]c(=O)c2[nH]1. The van der Waals surface area contributed by atoms with Crippen molar-refractivity contribution < 1.29 is 10.2 Å². The molecule has 124 valence electrons. The summed E-state index contributed by atoms with van der Waals surface area (Å²) in [7, 11) is 0. The van der Waals surface area contributed by atoms with Gasteiger partial charge in [0.2, 0.25) is 0 Å². The van der Waals surface area contributed by atoms with Crippen LogP contribution in [-0.2, 0) is 6.42 Å². The lowest BCUT2D eigenvalue weighted by Crippen LogP contribution is -2.25. The Labute approximate surface area is 128 Å². The molecule has 0 saturated carbocycles. The van der Waals surface area contributed by atoms with Crippen molar-refractivity contribution in [1.82, 2.24) is 29.9 Å². The molecule has 0 spiro atoms. The summed E-state index contributed by atoms with van der Waals surface area (Å²) in [6.07, 6.45) is -0.0263. The summed E-state index contributed by atoms with van der Waals surface area (Å²) >= 11 is 0. The number of rotatable bonds is 0. The highest BCUT2D eigenvalue weighted by Gasteiger charge is 2.13. The normalized spacial score (nSPS) is 12.4. The third kappa shape index (κ3) is 2.72. The highest BCUT2D eigenvalue weighted by Crippen LogP contribution is 2.15. The summed E-state index contributed by atoms with van der Waals surface area (Å²) in [4.78, 5) is 60.6. The first-order chi connectivity index (χ1) is 11.3. The van der Waals surface area contributed by atoms with Gasteiger partial charge in [-0.15, -0.1) is 0 Å². The number of imidazole rings is 1. The van der Waals surface area contributed by atoms with Gasteiger partial charge in [0.1, 0.15) is 5.82 Å².